The third kappa shape index (κ3) is 7.23. The Morgan fingerprint density at radius 2 is 2.05 bits per heavy atom. The van der Waals surface area contributed by atoms with Crippen molar-refractivity contribution in [2.75, 3.05) is 33.2 Å². The number of aromatic nitrogens is 1. The maximum Gasteiger partial charge on any atom is 0.241 e. The summed E-state index contributed by atoms with van der Waals surface area (Å²) in [6.45, 7) is 8.69. The molecule has 1 amide bonds. The number of piperazine rings is 1. The molecule has 1 fully saturated rings. The van der Waals surface area contributed by atoms with Gasteiger partial charge in [0.05, 0.1) is 11.7 Å². The summed E-state index contributed by atoms with van der Waals surface area (Å²) in [6, 6.07) is 7.86. The van der Waals surface area contributed by atoms with Crippen LogP contribution in [-0.4, -0.2) is 60.0 Å². The van der Waals surface area contributed by atoms with Gasteiger partial charge >= 0.3 is 0 Å². The second-order valence-corrected chi connectivity index (χ2v) is 10.5. The van der Waals surface area contributed by atoms with Gasteiger partial charge in [-0.15, -0.1) is 0 Å². The number of hydrogen-bond acceptors (Lipinski definition) is 5. The molecule has 37 heavy (non-hydrogen) atoms. The molecule has 1 aromatic heterocycles. The van der Waals surface area contributed by atoms with Crippen LogP contribution in [0.5, 0.6) is 0 Å². The molecule has 2 unspecified atom stereocenters. The van der Waals surface area contributed by atoms with E-state index in [2.05, 4.69) is 44.3 Å². The lowest BCUT2D eigenvalue weighted by molar-refractivity contribution is -0.137. The second kappa shape index (κ2) is 14.1. The number of amides is 1. The fraction of sp³-hybridized carbons (Fsp3) is 0.448. The number of likely N-dealkylation sites (N-methyl/N-ethyl adjacent to an activating group) is 1. The molecule has 1 aliphatic heterocycles. The number of pyridine rings is 1. The van der Waals surface area contributed by atoms with Crippen molar-refractivity contribution in [3.63, 3.8) is 0 Å². The van der Waals surface area contributed by atoms with E-state index in [1.807, 2.05) is 58.3 Å². The molecular formula is C29H39BrClN5O. The fourth-order valence-corrected chi connectivity index (χ4v) is 5.54. The molecule has 0 spiro atoms. The number of halogens is 2. The van der Waals surface area contributed by atoms with Crippen molar-refractivity contribution in [3.05, 3.63) is 86.3 Å². The lowest BCUT2D eigenvalue weighted by Gasteiger charge is -2.42. The van der Waals surface area contributed by atoms with Crippen LogP contribution in [0.25, 0.3) is 0 Å². The van der Waals surface area contributed by atoms with Crippen LogP contribution in [-0.2, 0) is 17.6 Å². The maximum atomic E-state index is 13.7. The van der Waals surface area contributed by atoms with Gasteiger partial charge in [0, 0.05) is 61.0 Å². The minimum absolute atomic E-state index is 0.0921. The predicted octanol–water partition coefficient (Wildman–Crippen LogP) is 5.25. The number of nitrogens with zero attached hydrogens (tertiary/aromatic N) is 3. The highest BCUT2D eigenvalue weighted by Crippen LogP contribution is 2.39. The molecule has 1 saturated heterocycles. The molecule has 1 aromatic carbocycles. The van der Waals surface area contributed by atoms with Crippen molar-refractivity contribution in [1.82, 2.24) is 20.1 Å². The molecule has 2 atom stereocenters. The largest absolute Gasteiger partial charge is 0.402 e. The average molecular weight is 589 g/mol. The van der Waals surface area contributed by atoms with E-state index >= 15 is 0 Å². The normalized spacial score (nSPS) is 19.9. The van der Waals surface area contributed by atoms with Crippen LogP contribution in [0.4, 0.5) is 0 Å². The number of carbonyl (C=O) groups excluding carboxylic acids is 1. The summed E-state index contributed by atoms with van der Waals surface area (Å²) in [4.78, 5) is 22.7. The maximum absolute atomic E-state index is 13.7. The van der Waals surface area contributed by atoms with Gasteiger partial charge in [-0.25, -0.2) is 0 Å². The van der Waals surface area contributed by atoms with Crippen LogP contribution in [0.2, 0.25) is 5.02 Å². The van der Waals surface area contributed by atoms with Crippen LogP contribution in [0.15, 0.2) is 58.9 Å². The number of nitrogens with one attached hydrogen (secondary N) is 1. The fourth-order valence-electron chi connectivity index (χ4n) is 4.97. The zero-order valence-electron chi connectivity index (χ0n) is 22.3. The molecule has 2 aromatic rings. The predicted molar refractivity (Wildman–Crippen MR) is 157 cm³/mol. The summed E-state index contributed by atoms with van der Waals surface area (Å²) in [5.41, 5.74) is 11.5. The van der Waals surface area contributed by atoms with E-state index in [0.29, 0.717) is 19.5 Å². The first-order chi connectivity index (χ1) is 17.9. The summed E-state index contributed by atoms with van der Waals surface area (Å²) in [5.74, 6) is 0.0921. The minimum Gasteiger partial charge on any atom is -0.402 e. The van der Waals surface area contributed by atoms with Crippen molar-refractivity contribution in [3.8, 4) is 0 Å². The lowest BCUT2D eigenvalue weighted by atomic mass is 9.94. The molecule has 0 radical (unpaired) electrons. The van der Waals surface area contributed by atoms with Crippen molar-refractivity contribution in [2.45, 2.75) is 52.1 Å². The van der Waals surface area contributed by atoms with Crippen LogP contribution in [0.1, 0.15) is 55.6 Å². The first-order valence-electron chi connectivity index (χ1n) is 13.1. The highest BCUT2D eigenvalue weighted by atomic mass is 79.9. The highest BCUT2D eigenvalue weighted by Gasteiger charge is 2.39. The summed E-state index contributed by atoms with van der Waals surface area (Å²) in [5, 5.41) is 4.17. The standard InChI is InChI=1S/C27H33BrClN5O.C2H6/c1-3-4-5-22(30)10-12-33(2)27(35)24-17-31-11-13-34(24)26-23-9-8-21(29)15-18(23)6-7-19-14-20(28)16-32-25(19)26;1-2/h3-5,8-9,14-16,24,26,31H,6-7,10-13,17,30H2,1-2H3;1-2H3/b4-3-,22-5+;. The Labute approximate surface area is 235 Å². The van der Waals surface area contributed by atoms with Gasteiger partial charge in [-0.2, -0.15) is 0 Å². The summed E-state index contributed by atoms with van der Waals surface area (Å²) >= 11 is 9.98. The Morgan fingerprint density at radius 1 is 1.30 bits per heavy atom. The van der Waals surface area contributed by atoms with Gasteiger partial charge in [-0.05, 0) is 76.7 Å². The molecular weight excluding hydrogens is 550 g/mol. The molecule has 8 heteroatoms. The molecule has 4 rings (SSSR count). The second-order valence-electron chi connectivity index (χ2n) is 9.18. The molecule has 6 nitrogen and oxygen atoms in total. The topological polar surface area (TPSA) is 74.5 Å². The molecule has 200 valence electrons. The number of rotatable bonds is 6. The zero-order chi connectivity index (χ0) is 26.9. The molecule has 0 saturated carbocycles. The monoisotopic (exact) mass is 587 g/mol. The van der Waals surface area contributed by atoms with Crippen LogP contribution >= 0.6 is 27.5 Å². The van der Waals surface area contributed by atoms with Gasteiger partial charge in [-0.3, -0.25) is 14.7 Å². The van der Waals surface area contributed by atoms with E-state index in [-0.39, 0.29) is 18.0 Å². The summed E-state index contributed by atoms with van der Waals surface area (Å²) < 4.78 is 0.968. The number of aryl methyl sites for hydroxylation is 2. The molecule has 1 aliphatic carbocycles. The number of hydrogen-bond donors (Lipinski definition) is 2. The minimum atomic E-state index is -0.306. The van der Waals surface area contributed by atoms with E-state index in [1.165, 1.54) is 16.7 Å². The molecule has 2 aliphatic rings. The number of fused-ring (bicyclic) bond motifs is 2. The number of allylic oxidation sites excluding steroid dienone is 3. The Morgan fingerprint density at radius 3 is 2.81 bits per heavy atom. The molecule has 3 N–H and O–H groups in total. The first kappa shape index (κ1) is 29.4. The summed E-state index contributed by atoms with van der Waals surface area (Å²) in [7, 11) is 1.86. The van der Waals surface area contributed by atoms with E-state index < -0.39 is 0 Å². The van der Waals surface area contributed by atoms with Gasteiger partial charge in [0.15, 0.2) is 0 Å². The Balaban J connectivity index is 0.00000186. The first-order valence-corrected chi connectivity index (χ1v) is 14.3. The number of carbonyl (C=O) groups is 1. The van der Waals surface area contributed by atoms with E-state index in [9.17, 15) is 4.79 Å². The van der Waals surface area contributed by atoms with Gasteiger partial charge in [0.25, 0.3) is 0 Å². The van der Waals surface area contributed by atoms with Gasteiger partial charge in [0.2, 0.25) is 5.91 Å². The van der Waals surface area contributed by atoms with Crippen molar-refractivity contribution >= 4 is 33.4 Å². The Hall–Kier alpha value is -2.19. The van der Waals surface area contributed by atoms with Crippen molar-refractivity contribution < 1.29 is 4.79 Å². The smallest absolute Gasteiger partial charge is 0.241 e. The van der Waals surface area contributed by atoms with Crippen molar-refractivity contribution in [1.29, 1.82) is 0 Å². The molecule has 0 bridgehead atoms. The van der Waals surface area contributed by atoms with Gasteiger partial charge in [-0.1, -0.05) is 43.7 Å². The Bertz CT molecular complexity index is 1080. The van der Waals surface area contributed by atoms with Gasteiger partial charge < -0.3 is 16.0 Å². The zero-order valence-corrected chi connectivity index (χ0v) is 24.6. The van der Waals surface area contributed by atoms with E-state index in [0.717, 1.165) is 46.8 Å². The van der Waals surface area contributed by atoms with Crippen LogP contribution in [0, 0.1) is 0 Å². The summed E-state index contributed by atoms with van der Waals surface area (Å²) in [6.07, 6.45) is 10.0. The third-order valence-electron chi connectivity index (χ3n) is 6.81. The SMILES string of the molecule is C/C=C\C=C(\N)CCN(C)C(=O)C1CNCCN1C1c2ccc(Cl)cc2CCc2cc(Br)cnc21.CC. The number of benzene rings is 1. The van der Waals surface area contributed by atoms with Crippen LogP contribution in [0.3, 0.4) is 0 Å². The quantitative estimate of drug-likeness (QED) is 0.451. The molecule has 2 heterocycles. The number of nitrogens with two attached hydrogens (primary N) is 1. The lowest BCUT2D eigenvalue weighted by Crippen LogP contribution is -2.59. The van der Waals surface area contributed by atoms with E-state index in [4.69, 9.17) is 22.3 Å². The average Bonchev–Trinajstić information content (AvgIpc) is 3.07. The van der Waals surface area contributed by atoms with Gasteiger partial charge in [0.1, 0.15) is 6.04 Å². The third-order valence-corrected chi connectivity index (χ3v) is 7.48. The van der Waals surface area contributed by atoms with E-state index in [1.54, 1.807) is 4.90 Å². The highest BCUT2D eigenvalue weighted by molar-refractivity contribution is 9.10. The van der Waals surface area contributed by atoms with Crippen molar-refractivity contribution in [2.24, 2.45) is 5.73 Å². The van der Waals surface area contributed by atoms with Crippen LogP contribution < -0.4 is 11.1 Å². The Kier molecular flexibility index (Phi) is 11.2.